The second-order valence-corrected chi connectivity index (χ2v) is 9.02. The van der Waals surface area contributed by atoms with E-state index in [9.17, 15) is 4.79 Å². The van der Waals surface area contributed by atoms with Gasteiger partial charge in [0.25, 0.3) is 5.56 Å². The molecule has 2 aromatic heterocycles. The second-order valence-electron chi connectivity index (χ2n) is 7.09. The van der Waals surface area contributed by atoms with Crippen LogP contribution in [0.4, 0.5) is 0 Å². The van der Waals surface area contributed by atoms with Gasteiger partial charge in [-0.15, -0.1) is 0 Å². The average molecular weight is 477 g/mol. The molecule has 0 aliphatic heterocycles. The Morgan fingerprint density at radius 2 is 1.90 bits per heavy atom. The zero-order chi connectivity index (χ0) is 20.7. The summed E-state index contributed by atoms with van der Waals surface area (Å²) in [6, 6.07) is 21.8. The Bertz CT molecular complexity index is 1490. The third kappa shape index (κ3) is 3.53. The molecule has 0 spiro atoms. The molecule has 6 heteroatoms. The summed E-state index contributed by atoms with van der Waals surface area (Å²) in [5, 5.41) is 0. The summed E-state index contributed by atoms with van der Waals surface area (Å²) in [5.41, 5.74) is 4.76. The van der Waals surface area contributed by atoms with Gasteiger partial charge in [-0.2, -0.15) is 0 Å². The molecule has 5 aromatic rings. The summed E-state index contributed by atoms with van der Waals surface area (Å²) in [4.78, 5) is 18.3. The maximum Gasteiger partial charge on any atom is 0.274 e. The van der Waals surface area contributed by atoms with Crippen molar-refractivity contribution < 1.29 is 4.74 Å². The molecule has 0 aliphatic carbocycles. The fraction of sp³-hybridized carbons (Fsp3) is 0.0833. The van der Waals surface area contributed by atoms with E-state index in [0.717, 1.165) is 32.4 Å². The molecule has 0 atom stereocenters. The SMILES string of the molecule is Cc1ccc(COc2ccc(Br)cc2/C=c2\sc3nc4ccccc4n3c2=O)cc1. The van der Waals surface area contributed by atoms with Crippen LogP contribution in [0.15, 0.2) is 76.0 Å². The highest BCUT2D eigenvalue weighted by Gasteiger charge is 2.11. The number of rotatable bonds is 4. The van der Waals surface area contributed by atoms with E-state index < -0.39 is 0 Å². The van der Waals surface area contributed by atoms with Crippen molar-refractivity contribution in [2.24, 2.45) is 0 Å². The molecule has 0 N–H and O–H groups in total. The summed E-state index contributed by atoms with van der Waals surface area (Å²) in [5.74, 6) is 0.731. The zero-order valence-electron chi connectivity index (χ0n) is 16.1. The van der Waals surface area contributed by atoms with Gasteiger partial charge in [-0.05, 0) is 48.9 Å². The van der Waals surface area contributed by atoms with Crippen molar-refractivity contribution in [3.8, 4) is 5.75 Å². The van der Waals surface area contributed by atoms with Crippen molar-refractivity contribution >= 4 is 49.3 Å². The topological polar surface area (TPSA) is 43.6 Å². The Morgan fingerprint density at radius 3 is 2.73 bits per heavy atom. The predicted octanol–water partition coefficient (Wildman–Crippen LogP) is 5.11. The number of para-hydroxylation sites is 2. The first kappa shape index (κ1) is 19.0. The van der Waals surface area contributed by atoms with Crippen LogP contribution in [0.2, 0.25) is 0 Å². The standard InChI is InChI=1S/C24H17BrN2O2S/c1-15-6-8-16(9-7-15)14-29-21-11-10-18(25)12-17(21)13-22-23(28)27-20-5-3-2-4-19(20)26-24(27)30-22/h2-13H,14H2,1H3/b22-13-. The van der Waals surface area contributed by atoms with Crippen molar-refractivity contribution in [2.75, 3.05) is 0 Å². The lowest BCUT2D eigenvalue weighted by Gasteiger charge is -2.10. The van der Waals surface area contributed by atoms with Crippen LogP contribution in [0.3, 0.4) is 0 Å². The number of benzene rings is 3. The van der Waals surface area contributed by atoms with Gasteiger partial charge in [-0.1, -0.05) is 69.2 Å². The first-order valence-corrected chi connectivity index (χ1v) is 11.1. The van der Waals surface area contributed by atoms with Gasteiger partial charge >= 0.3 is 0 Å². The number of thiazole rings is 1. The number of fused-ring (bicyclic) bond motifs is 3. The van der Waals surface area contributed by atoms with Crippen LogP contribution in [0.5, 0.6) is 5.75 Å². The van der Waals surface area contributed by atoms with Gasteiger partial charge in [0.1, 0.15) is 12.4 Å². The Balaban J connectivity index is 1.56. The molecule has 30 heavy (non-hydrogen) atoms. The minimum Gasteiger partial charge on any atom is -0.488 e. The van der Waals surface area contributed by atoms with Crippen molar-refractivity contribution in [1.82, 2.24) is 9.38 Å². The highest BCUT2D eigenvalue weighted by molar-refractivity contribution is 9.10. The number of nitrogens with zero attached hydrogens (tertiary/aromatic N) is 2. The minimum absolute atomic E-state index is 0.0619. The molecule has 0 unspecified atom stereocenters. The molecule has 0 saturated heterocycles. The van der Waals surface area contributed by atoms with Gasteiger partial charge in [0.2, 0.25) is 0 Å². The summed E-state index contributed by atoms with van der Waals surface area (Å²) in [6.45, 7) is 2.53. The lowest BCUT2D eigenvalue weighted by atomic mass is 10.1. The van der Waals surface area contributed by atoms with Crippen LogP contribution >= 0.6 is 27.3 Å². The molecule has 4 nitrogen and oxygen atoms in total. The first-order chi connectivity index (χ1) is 14.6. The number of hydrogen-bond acceptors (Lipinski definition) is 4. The van der Waals surface area contributed by atoms with Crippen LogP contribution in [-0.2, 0) is 6.61 Å². The number of halogens is 1. The van der Waals surface area contributed by atoms with Gasteiger partial charge in [0, 0.05) is 10.0 Å². The Labute approximate surface area is 185 Å². The average Bonchev–Trinajstić information content (AvgIpc) is 3.25. The number of aromatic nitrogens is 2. The van der Waals surface area contributed by atoms with Crippen LogP contribution < -0.4 is 14.8 Å². The lowest BCUT2D eigenvalue weighted by Crippen LogP contribution is -2.22. The number of aryl methyl sites for hydroxylation is 1. The van der Waals surface area contributed by atoms with Crippen LogP contribution in [0, 0.1) is 6.92 Å². The van der Waals surface area contributed by atoms with Gasteiger partial charge in [0.15, 0.2) is 4.96 Å². The zero-order valence-corrected chi connectivity index (χ0v) is 18.5. The first-order valence-electron chi connectivity index (χ1n) is 9.48. The molecule has 0 amide bonds. The molecule has 0 bridgehead atoms. The van der Waals surface area contributed by atoms with E-state index in [0.29, 0.717) is 16.1 Å². The van der Waals surface area contributed by atoms with Crippen LogP contribution in [0.1, 0.15) is 16.7 Å². The molecule has 0 fully saturated rings. The highest BCUT2D eigenvalue weighted by atomic mass is 79.9. The van der Waals surface area contributed by atoms with Gasteiger partial charge in [-0.25, -0.2) is 9.38 Å². The van der Waals surface area contributed by atoms with Gasteiger partial charge < -0.3 is 4.74 Å². The van der Waals surface area contributed by atoms with Crippen molar-refractivity contribution in [1.29, 1.82) is 0 Å². The molecule has 0 aliphatic rings. The van der Waals surface area contributed by atoms with E-state index in [2.05, 4.69) is 52.1 Å². The largest absolute Gasteiger partial charge is 0.488 e. The third-order valence-corrected chi connectivity index (χ3v) is 6.38. The molecular formula is C24H17BrN2O2S. The van der Waals surface area contributed by atoms with E-state index in [1.54, 1.807) is 4.40 Å². The number of ether oxygens (including phenoxy) is 1. The van der Waals surface area contributed by atoms with Crippen LogP contribution in [0.25, 0.3) is 22.1 Å². The summed E-state index contributed by atoms with van der Waals surface area (Å²) < 4.78 is 9.31. The molecule has 0 saturated carbocycles. The summed E-state index contributed by atoms with van der Waals surface area (Å²) in [6.07, 6.45) is 1.88. The normalized spacial score (nSPS) is 12.1. The van der Waals surface area contributed by atoms with Crippen molar-refractivity contribution in [2.45, 2.75) is 13.5 Å². The van der Waals surface area contributed by atoms with E-state index >= 15 is 0 Å². The maximum atomic E-state index is 13.1. The smallest absolute Gasteiger partial charge is 0.274 e. The van der Waals surface area contributed by atoms with E-state index in [1.165, 1.54) is 16.9 Å². The summed E-state index contributed by atoms with van der Waals surface area (Å²) >= 11 is 4.91. The molecular weight excluding hydrogens is 460 g/mol. The van der Waals surface area contributed by atoms with E-state index in [1.807, 2.05) is 48.5 Å². The fourth-order valence-electron chi connectivity index (χ4n) is 3.36. The van der Waals surface area contributed by atoms with Crippen molar-refractivity contribution in [3.63, 3.8) is 0 Å². The van der Waals surface area contributed by atoms with Gasteiger partial charge in [-0.3, -0.25) is 4.79 Å². The van der Waals surface area contributed by atoms with E-state index in [-0.39, 0.29) is 5.56 Å². The molecule has 0 radical (unpaired) electrons. The molecule has 3 aromatic carbocycles. The lowest BCUT2D eigenvalue weighted by molar-refractivity contribution is 0.305. The van der Waals surface area contributed by atoms with E-state index in [4.69, 9.17) is 4.74 Å². The monoisotopic (exact) mass is 476 g/mol. The number of imidazole rings is 1. The highest BCUT2D eigenvalue weighted by Crippen LogP contribution is 2.25. The Hall–Kier alpha value is -2.96. The second kappa shape index (κ2) is 7.70. The quantitative estimate of drug-likeness (QED) is 0.362. The maximum absolute atomic E-state index is 13.1. The molecule has 2 heterocycles. The third-order valence-electron chi connectivity index (χ3n) is 4.92. The van der Waals surface area contributed by atoms with Crippen LogP contribution in [-0.4, -0.2) is 9.38 Å². The number of hydrogen-bond donors (Lipinski definition) is 0. The van der Waals surface area contributed by atoms with Crippen molar-refractivity contribution in [3.05, 3.63) is 103 Å². The fourth-order valence-corrected chi connectivity index (χ4v) is 4.72. The predicted molar refractivity (Wildman–Crippen MR) is 125 cm³/mol. The minimum atomic E-state index is -0.0619. The van der Waals surface area contributed by atoms with Gasteiger partial charge in [0.05, 0.1) is 15.6 Å². The Morgan fingerprint density at radius 1 is 1.10 bits per heavy atom. The summed E-state index contributed by atoms with van der Waals surface area (Å²) in [7, 11) is 0. The molecule has 5 rings (SSSR count). The Kier molecular flexibility index (Phi) is 4.89. The molecule has 148 valence electrons.